The van der Waals surface area contributed by atoms with Crippen LogP contribution in [-0.4, -0.2) is 20.9 Å². The van der Waals surface area contributed by atoms with Crippen LogP contribution in [-0.2, 0) is 14.8 Å². The maximum atomic E-state index is 13.3. The van der Waals surface area contributed by atoms with Gasteiger partial charge in [0.2, 0.25) is 5.91 Å². The van der Waals surface area contributed by atoms with E-state index in [4.69, 9.17) is 11.6 Å². The molecule has 30 heavy (non-hydrogen) atoms. The molecule has 1 amide bonds. The largest absolute Gasteiger partial charge is 0.348 e. The normalized spacial score (nSPS) is 12.2. The summed E-state index contributed by atoms with van der Waals surface area (Å²) in [6, 6.07) is 22.2. The first-order valence-corrected chi connectivity index (χ1v) is 11.3. The summed E-state index contributed by atoms with van der Waals surface area (Å²) in [5, 5.41) is 3.25. The van der Waals surface area contributed by atoms with Gasteiger partial charge in [-0.15, -0.1) is 0 Å². The van der Waals surface area contributed by atoms with Crippen molar-refractivity contribution >= 4 is 33.2 Å². The smallest absolute Gasteiger partial charge is 0.264 e. The second-order valence-corrected chi connectivity index (χ2v) is 9.30. The van der Waals surface area contributed by atoms with E-state index in [-0.39, 0.29) is 17.5 Å². The Labute approximate surface area is 182 Å². The molecule has 1 atom stereocenters. The number of halogens is 1. The number of anilines is 1. The van der Waals surface area contributed by atoms with Gasteiger partial charge in [0.25, 0.3) is 10.0 Å². The maximum absolute atomic E-state index is 13.3. The van der Waals surface area contributed by atoms with Gasteiger partial charge in [0, 0.05) is 5.02 Å². The van der Waals surface area contributed by atoms with E-state index in [2.05, 4.69) is 5.32 Å². The van der Waals surface area contributed by atoms with E-state index in [0.717, 1.165) is 15.4 Å². The molecule has 0 saturated carbocycles. The number of hydrogen-bond donors (Lipinski definition) is 1. The second kappa shape index (κ2) is 9.32. The fourth-order valence-electron chi connectivity index (χ4n) is 3.03. The summed E-state index contributed by atoms with van der Waals surface area (Å²) in [6.45, 7) is 3.36. The molecular weight excluding hydrogens is 420 g/mol. The van der Waals surface area contributed by atoms with Crippen LogP contribution < -0.4 is 9.62 Å². The van der Waals surface area contributed by atoms with Gasteiger partial charge >= 0.3 is 0 Å². The molecule has 0 fully saturated rings. The number of carbonyl (C=O) groups excluding carboxylic acids is 1. The second-order valence-electron chi connectivity index (χ2n) is 7.00. The Morgan fingerprint density at radius 3 is 2.30 bits per heavy atom. The Bertz CT molecular complexity index is 1120. The van der Waals surface area contributed by atoms with E-state index in [9.17, 15) is 13.2 Å². The fraction of sp³-hybridized carbons (Fsp3) is 0.174. The number of nitrogens with zero attached hydrogens (tertiary/aromatic N) is 1. The van der Waals surface area contributed by atoms with Gasteiger partial charge in [-0.05, 0) is 49.7 Å². The maximum Gasteiger partial charge on any atom is 0.264 e. The van der Waals surface area contributed by atoms with Crippen molar-refractivity contribution in [3.63, 3.8) is 0 Å². The fourth-order valence-corrected chi connectivity index (χ4v) is 4.62. The van der Waals surface area contributed by atoms with Gasteiger partial charge in [-0.3, -0.25) is 9.10 Å². The minimum atomic E-state index is -3.97. The topological polar surface area (TPSA) is 66.5 Å². The summed E-state index contributed by atoms with van der Waals surface area (Å²) in [5.74, 6) is -0.415. The van der Waals surface area contributed by atoms with E-state index in [1.165, 1.54) is 18.2 Å². The van der Waals surface area contributed by atoms with E-state index in [0.29, 0.717) is 10.7 Å². The number of benzene rings is 3. The van der Waals surface area contributed by atoms with Gasteiger partial charge in [-0.2, -0.15) is 0 Å². The molecule has 0 aliphatic rings. The molecule has 3 aromatic rings. The Kier molecular flexibility index (Phi) is 6.80. The van der Waals surface area contributed by atoms with Crippen molar-refractivity contribution in [2.75, 3.05) is 10.8 Å². The average Bonchev–Trinajstić information content (AvgIpc) is 2.73. The van der Waals surface area contributed by atoms with Crippen molar-refractivity contribution < 1.29 is 13.2 Å². The number of nitrogens with one attached hydrogen (secondary N) is 1. The Morgan fingerprint density at radius 2 is 1.67 bits per heavy atom. The number of aryl methyl sites for hydroxylation is 1. The highest BCUT2D eigenvalue weighted by Gasteiger charge is 2.27. The Hall–Kier alpha value is -2.83. The predicted octanol–water partition coefficient (Wildman–Crippen LogP) is 4.72. The van der Waals surface area contributed by atoms with Crippen molar-refractivity contribution in [2.24, 2.45) is 0 Å². The van der Waals surface area contributed by atoms with Crippen molar-refractivity contribution in [1.29, 1.82) is 0 Å². The lowest BCUT2D eigenvalue weighted by Crippen LogP contribution is -2.41. The number of carbonyl (C=O) groups is 1. The molecule has 0 aliphatic carbocycles. The zero-order chi connectivity index (χ0) is 21.7. The third-order valence-electron chi connectivity index (χ3n) is 4.67. The van der Waals surface area contributed by atoms with Crippen LogP contribution in [0.2, 0.25) is 5.02 Å². The zero-order valence-electron chi connectivity index (χ0n) is 16.7. The van der Waals surface area contributed by atoms with Gasteiger partial charge in [0.1, 0.15) is 6.54 Å². The van der Waals surface area contributed by atoms with Crippen LogP contribution in [0.25, 0.3) is 0 Å². The summed E-state index contributed by atoms with van der Waals surface area (Å²) >= 11 is 6.08. The lowest BCUT2D eigenvalue weighted by atomic mass is 10.1. The van der Waals surface area contributed by atoms with E-state index >= 15 is 0 Å². The van der Waals surface area contributed by atoms with E-state index in [1.54, 1.807) is 30.3 Å². The molecule has 0 heterocycles. The van der Waals surface area contributed by atoms with Gasteiger partial charge in [0.05, 0.1) is 16.6 Å². The molecule has 0 spiro atoms. The highest BCUT2D eigenvalue weighted by Crippen LogP contribution is 2.26. The molecule has 0 unspecified atom stereocenters. The predicted molar refractivity (Wildman–Crippen MR) is 120 cm³/mol. The van der Waals surface area contributed by atoms with Gasteiger partial charge in [-0.25, -0.2) is 8.42 Å². The van der Waals surface area contributed by atoms with Crippen molar-refractivity contribution in [1.82, 2.24) is 5.32 Å². The minimum Gasteiger partial charge on any atom is -0.348 e. The molecule has 0 aromatic heterocycles. The standard InChI is InChI=1S/C23H23ClN2O3S/c1-17-11-13-22(14-12-17)30(28,29)26(21-10-6-9-20(24)15-21)16-23(27)25-18(2)19-7-4-3-5-8-19/h3-15,18H,16H2,1-2H3,(H,25,27)/t18-/m0/s1. The van der Waals surface area contributed by atoms with E-state index < -0.39 is 15.9 Å². The van der Waals surface area contributed by atoms with Crippen LogP contribution in [0.1, 0.15) is 24.1 Å². The third-order valence-corrected chi connectivity index (χ3v) is 6.69. The number of amides is 1. The quantitative estimate of drug-likeness (QED) is 0.575. The molecule has 0 radical (unpaired) electrons. The molecule has 0 bridgehead atoms. The van der Waals surface area contributed by atoms with Crippen LogP contribution in [0.15, 0.2) is 83.8 Å². The number of hydrogen-bond acceptors (Lipinski definition) is 3. The van der Waals surface area contributed by atoms with Gasteiger partial charge in [-0.1, -0.05) is 65.7 Å². The van der Waals surface area contributed by atoms with Crippen LogP contribution in [0, 0.1) is 6.92 Å². The third kappa shape index (κ3) is 5.20. The summed E-state index contributed by atoms with van der Waals surface area (Å²) < 4.78 is 27.8. The van der Waals surface area contributed by atoms with Gasteiger partial charge in [0.15, 0.2) is 0 Å². The zero-order valence-corrected chi connectivity index (χ0v) is 18.3. The molecule has 5 nitrogen and oxygen atoms in total. The molecule has 7 heteroatoms. The Morgan fingerprint density at radius 1 is 1.00 bits per heavy atom. The summed E-state index contributed by atoms with van der Waals surface area (Å²) in [5.41, 5.74) is 2.20. The first-order valence-electron chi connectivity index (χ1n) is 9.46. The number of sulfonamides is 1. The first-order chi connectivity index (χ1) is 14.3. The Balaban J connectivity index is 1.90. The first kappa shape index (κ1) is 21.9. The molecule has 156 valence electrons. The van der Waals surface area contributed by atoms with Crippen molar-refractivity contribution in [3.05, 3.63) is 95.0 Å². The van der Waals surface area contributed by atoms with Gasteiger partial charge < -0.3 is 5.32 Å². The van der Waals surface area contributed by atoms with Crippen LogP contribution in [0.4, 0.5) is 5.69 Å². The minimum absolute atomic E-state index is 0.108. The summed E-state index contributed by atoms with van der Waals surface area (Å²) in [6.07, 6.45) is 0. The monoisotopic (exact) mass is 442 g/mol. The van der Waals surface area contributed by atoms with Crippen LogP contribution >= 0.6 is 11.6 Å². The van der Waals surface area contributed by atoms with Crippen molar-refractivity contribution in [3.8, 4) is 0 Å². The molecule has 0 aliphatic heterocycles. The highest BCUT2D eigenvalue weighted by atomic mass is 35.5. The molecule has 1 N–H and O–H groups in total. The lowest BCUT2D eigenvalue weighted by Gasteiger charge is -2.25. The van der Waals surface area contributed by atoms with Crippen molar-refractivity contribution in [2.45, 2.75) is 24.8 Å². The van der Waals surface area contributed by atoms with Crippen LogP contribution in [0.3, 0.4) is 0 Å². The molecule has 3 aromatic carbocycles. The summed E-state index contributed by atoms with van der Waals surface area (Å²) in [7, 11) is -3.97. The van der Waals surface area contributed by atoms with E-state index in [1.807, 2.05) is 44.2 Å². The average molecular weight is 443 g/mol. The molecule has 0 saturated heterocycles. The SMILES string of the molecule is Cc1ccc(S(=O)(=O)N(CC(=O)N[C@@H](C)c2ccccc2)c2cccc(Cl)c2)cc1. The number of rotatable bonds is 7. The van der Waals surface area contributed by atoms with Crippen LogP contribution in [0.5, 0.6) is 0 Å². The summed E-state index contributed by atoms with van der Waals surface area (Å²) in [4.78, 5) is 12.9. The molecular formula is C23H23ClN2O3S. The molecule has 3 rings (SSSR count). The highest BCUT2D eigenvalue weighted by molar-refractivity contribution is 7.92. The lowest BCUT2D eigenvalue weighted by molar-refractivity contribution is -0.120.